The molecule has 0 heterocycles. The predicted octanol–water partition coefficient (Wildman–Crippen LogP) is 8.84. The van der Waals surface area contributed by atoms with E-state index in [4.69, 9.17) is 4.74 Å². The van der Waals surface area contributed by atoms with Gasteiger partial charge in [0.1, 0.15) is 0 Å². The number of aryl methyl sites for hydroxylation is 2. The Morgan fingerprint density at radius 3 is 1.59 bits per heavy atom. The summed E-state index contributed by atoms with van der Waals surface area (Å²) in [7, 11) is 1.82. The molecule has 0 unspecified atom stereocenters. The number of methoxy groups -OCH3 is 1. The Morgan fingerprint density at radius 2 is 1.12 bits per heavy atom. The molecule has 0 atom stereocenters. The average Bonchev–Trinajstić information content (AvgIpc) is 2.89. The molecule has 0 saturated heterocycles. The Balaban J connectivity index is 1.15. The first-order valence-corrected chi connectivity index (χ1v) is 14.0. The van der Waals surface area contributed by atoms with Crippen LogP contribution in [0.1, 0.15) is 81.8 Å². The lowest BCUT2D eigenvalue weighted by atomic mass is 9.68. The first-order chi connectivity index (χ1) is 16.7. The second-order valence-corrected chi connectivity index (χ2v) is 11.1. The molecule has 0 aliphatic heterocycles. The van der Waals surface area contributed by atoms with Gasteiger partial charge in [-0.25, -0.2) is 0 Å². The first kappa shape index (κ1) is 25.4. The first-order valence-electron chi connectivity index (χ1n) is 14.0. The largest absolute Gasteiger partial charge is 0.385 e. The van der Waals surface area contributed by atoms with Crippen LogP contribution in [0.15, 0.2) is 48.5 Å². The molecule has 2 aromatic carbocycles. The van der Waals surface area contributed by atoms with Gasteiger partial charge in [-0.15, -0.1) is 0 Å². The molecule has 186 valence electrons. The van der Waals surface area contributed by atoms with Crippen LogP contribution in [0.2, 0.25) is 0 Å². The fraction of sp³-hybridized carbons (Fsp3) is 0.625. The highest BCUT2D eigenvalue weighted by atomic mass is 19.1. The SMILES string of the molecule is COCCCC1CCC(C2CCC(CCc3ccc(-c4ccc(CCF)cc4)cc3)CC2)CC1. The Morgan fingerprint density at radius 1 is 0.647 bits per heavy atom. The number of halogens is 1. The second kappa shape index (κ2) is 13.4. The molecule has 2 saturated carbocycles. The van der Waals surface area contributed by atoms with Gasteiger partial charge in [0.15, 0.2) is 0 Å². The van der Waals surface area contributed by atoms with E-state index in [0.29, 0.717) is 6.42 Å². The van der Waals surface area contributed by atoms with Crippen molar-refractivity contribution in [1.29, 1.82) is 0 Å². The molecule has 0 bridgehead atoms. The van der Waals surface area contributed by atoms with Crippen LogP contribution in [-0.4, -0.2) is 20.4 Å². The van der Waals surface area contributed by atoms with Crippen molar-refractivity contribution < 1.29 is 9.13 Å². The average molecular weight is 465 g/mol. The lowest BCUT2D eigenvalue weighted by Gasteiger charge is -2.38. The van der Waals surface area contributed by atoms with Crippen molar-refractivity contribution in [2.45, 2.75) is 83.5 Å². The van der Waals surface area contributed by atoms with E-state index >= 15 is 0 Å². The molecule has 0 radical (unpaired) electrons. The molecule has 0 N–H and O–H groups in total. The maximum atomic E-state index is 12.5. The van der Waals surface area contributed by atoms with Gasteiger partial charge in [0, 0.05) is 20.1 Å². The summed E-state index contributed by atoms with van der Waals surface area (Å²) in [5.41, 5.74) is 5.01. The van der Waals surface area contributed by atoms with Crippen LogP contribution in [0, 0.1) is 23.7 Å². The standard InChI is InChI=1S/C32H45FO/c1-34-24-2-3-25-6-14-29(15-7-25)30-16-8-26(9-17-30)4-5-27-10-18-31(19-11-27)32-20-12-28(13-21-32)22-23-33/h10-13,18-21,25-26,29-30H,2-9,14-17,22-24H2,1H3. The molecule has 0 amide bonds. The number of alkyl halides is 1. The smallest absolute Gasteiger partial charge is 0.0934 e. The van der Waals surface area contributed by atoms with Crippen LogP contribution in [0.25, 0.3) is 11.1 Å². The molecule has 4 rings (SSSR count). The fourth-order valence-corrected chi connectivity index (χ4v) is 6.62. The van der Waals surface area contributed by atoms with E-state index < -0.39 is 0 Å². The van der Waals surface area contributed by atoms with Gasteiger partial charge in [-0.3, -0.25) is 4.39 Å². The van der Waals surface area contributed by atoms with Crippen molar-refractivity contribution in [1.82, 2.24) is 0 Å². The molecule has 2 fully saturated rings. The normalized spacial score (nSPS) is 25.4. The van der Waals surface area contributed by atoms with Crippen LogP contribution in [0.3, 0.4) is 0 Å². The van der Waals surface area contributed by atoms with E-state index in [2.05, 4.69) is 36.4 Å². The topological polar surface area (TPSA) is 9.23 Å². The van der Waals surface area contributed by atoms with Crippen molar-refractivity contribution in [3.63, 3.8) is 0 Å². The third kappa shape index (κ3) is 7.41. The predicted molar refractivity (Wildman–Crippen MR) is 142 cm³/mol. The summed E-state index contributed by atoms with van der Waals surface area (Å²) in [4.78, 5) is 0. The summed E-state index contributed by atoms with van der Waals surface area (Å²) >= 11 is 0. The summed E-state index contributed by atoms with van der Waals surface area (Å²) < 4.78 is 17.7. The fourth-order valence-electron chi connectivity index (χ4n) is 6.62. The van der Waals surface area contributed by atoms with Crippen LogP contribution < -0.4 is 0 Å². The Hall–Kier alpha value is -1.67. The number of hydrogen-bond donors (Lipinski definition) is 0. The van der Waals surface area contributed by atoms with E-state index in [1.54, 1.807) is 0 Å². The van der Waals surface area contributed by atoms with Crippen LogP contribution in [0.5, 0.6) is 0 Å². The van der Waals surface area contributed by atoms with Crippen molar-refractivity contribution in [2.24, 2.45) is 23.7 Å². The highest BCUT2D eigenvalue weighted by molar-refractivity contribution is 5.64. The molecular formula is C32H45FO. The Bertz CT molecular complexity index is 811. The van der Waals surface area contributed by atoms with E-state index in [9.17, 15) is 4.39 Å². The van der Waals surface area contributed by atoms with E-state index in [1.807, 2.05) is 19.2 Å². The van der Waals surface area contributed by atoms with Crippen LogP contribution in [-0.2, 0) is 17.6 Å². The molecule has 2 aliphatic rings. The van der Waals surface area contributed by atoms with Gasteiger partial charge in [-0.2, -0.15) is 0 Å². The molecule has 0 aromatic heterocycles. The highest BCUT2D eigenvalue weighted by Crippen LogP contribution is 2.43. The summed E-state index contributed by atoms with van der Waals surface area (Å²) in [5.74, 6) is 3.91. The van der Waals surface area contributed by atoms with Gasteiger partial charge in [-0.05, 0) is 97.3 Å². The number of ether oxygens (including phenoxy) is 1. The quantitative estimate of drug-likeness (QED) is 0.302. The minimum Gasteiger partial charge on any atom is -0.385 e. The zero-order valence-electron chi connectivity index (χ0n) is 21.3. The molecule has 2 heteroatoms. The van der Waals surface area contributed by atoms with Gasteiger partial charge in [0.25, 0.3) is 0 Å². The Labute approximate surface area is 207 Å². The van der Waals surface area contributed by atoms with Crippen molar-refractivity contribution in [3.8, 4) is 11.1 Å². The van der Waals surface area contributed by atoms with E-state index in [1.165, 1.54) is 93.7 Å². The van der Waals surface area contributed by atoms with Crippen LogP contribution >= 0.6 is 0 Å². The van der Waals surface area contributed by atoms with Crippen molar-refractivity contribution in [3.05, 3.63) is 59.7 Å². The van der Waals surface area contributed by atoms with Gasteiger partial charge in [-0.1, -0.05) is 74.2 Å². The zero-order chi connectivity index (χ0) is 23.6. The molecule has 0 spiro atoms. The van der Waals surface area contributed by atoms with E-state index in [0.717, 1.165) is 35.8 Å². The highest BCUT2D eigenvalue weighted by Gasteiger charge is 2.30. The molecular weight excluding hydrogens is 419 g/mol. The van der Waals surface area contributed by atoms with Crippen molar-refractivity contribution in [2.75, 3.05) is 20.4 Å². The minimum absolute atomic E-state index is 0.285. The van der Waals surface area contributed by atoms with E-state index in [-0.39, 0.29) is 6.67 Å². The molecule has 1 nitrogen and oxygen atoms in total. The number of benzene rings is 2. The zero-order valence-corrected chi connectivity index (χ0v) is 21.3. The summed E-state index contributed by atoms with van der Waals surface area (Å²) in [6.07, 6.45) is 17.4. The lowest BCUT2D eigenvalue weighted by Crippen LogP contribution is -2.26. The van der Waals surface area contributed by atoms with Gasteiger partial charge >= 0.3 is 0 Å². The monoisotopic (exact) mass is 464 g/mol. The minimum atomic E-state index is -0.285. The van der Waals surface area contributed by atoms with Crippen LogP contribution in [0.4, 0.5) is 4.39 Å². The third-order valence-electron chi connectivity index (χ3n) is 8.88. The molecule has 34 heavy (non-hydrogen) atoms. The van der Waals surface area contributed by atoms with Crippen molar-refractivity contribution >= 4 is 0 Å². The van der Waals surface area contributed by atoms with Gasteiger partial charge in [0.2, 0.25) is 0 Å². The lowest BCUT2D eigenvalue weighted by molar-refractivity contribution is 0.133. The summed E-state index contributed by atoms with van der Waals surface area (Å²) in [6.45, 7) is 0.650. The Kier molecular flexibility index (Phi) is 10.0. The molecule has 2 aromatic rings. The van der Waals surface area contributed by atoms with Gasteiger partial charge < -0.3 is 4.74 Å². The maximum Gasteiger partial charge on any atom is 0.0934 e. The molecule has 2 aliphatic carbocycles. The summed E-state index contributed by atoms with van der Waals surface area (Å²) in [6, 6.07) is 17.5. The second-order valence-electron chi connectivity index (χ2n) is 11.1. The van der Waals surface area contributed by atoms with Gasteiger partial charge in [0.05, 0.1) is 6.67 Å². The third-order valence-corrected chi connectivity index (χ3v) is 8.88. The number of rotatable bonds is 11. The maximum absolute atomic E-state index is 12.5. The summed E-state index contributed by atoms with van der Waals surface area (Å²) in [5, 5.41) is 0. The number of hydrogen-bond acceptors (Lipinski definition) is 1.